The van der Waals surface area contributed by atoms with E-state index in [4.69, 9.17) is 14.2 Å². The van der Waals surface area contributed by atoms with Crippen LogP contribution in [-0.4, -0.2) is 44.2 Å². The van der Waals surface area contributed by atoms with E-state index in [-0.39, 0.29) is 19.1 Å². The van der Waals surface area contributed by atoms with Crippen LogP contribution in [0.15, 0.2) is 54.6 Å². The van der Waals surface area contributed by atoms with Gasteiger partial charge in [0.2, 0.25) is 0 Å². The number of nitrogens with zero attached hydrogens (tertiary/aromatic N) is 1. The van der Waals surface area contributed by atoms with E-state index in [2.05, 4.69) is 0 Å². The molecular formula is C21H23NO6. The Hall–Kier alpha value is -3.35. The van der Waals surface area contributed by atoms with Crippen molar-refractivity contribution in [3.8, 4) is 5.75 Å². The Kier molecular flexibility index (Phi) is 7.56. The lowest BCUT2D eigenvalue weighted by atomic mass is 10.1. The maximum Gasteiger partial charge on any atom is 0.302 e. The molecule has 2 aromatic carbocycles. The maximum absolute atomic E-state index is 13.3. The number of anilines is 1. The zero-order chi connectivity index (χ0) is 20.5. The van der Waals surface area contributed by atoms with Gasteiger partial charge in [-0.25, -0.2) is 0 Å². The summed E-state index contributed by atoms with van der Waals surface area (Å²) in [6.45, 7) is 2.33. The third-order valence-corrected chi connectivity index (χ3v) is 3.91. The fourth-order valence-corrected chi connectivity index (χ4v) is 2.58. The van der Waals surface area contributed by atoms with Gasteiger partial charge in [0.1, 0.15) is 25.0 Å². The van der Waals surface area contributed by atoms with Crippen LogP contribution >= 0.6 is 0 Å². The van der Waals surface area contributed by atoms with Gasteiger partial charge in [0.15, 0.2) is 0 Å². The lowest BCUT2D eigenvalue weighted by Gasteiger charge is -2.31. The molecule has 0 bridgehead atoms. The van der Waals surface area contributed by atoms with Gasteiger partial charge in [0, 0.05) is 25.1 Å². The maximum atomic E-state index is 13.3. The molecular weight excluding hydrogens is 362 g/mol. The number of carbonyl (C=O) groups excluding carboxylic acids is 3. The molecule has 0 aliphatic carbocycles. The van der Waals surface area contributed by atoms with Crippen molar-refractivity contribution in [2.75, 3.05) is 25.2 Å². The second-order valence-corrected chi connectivity index (χ2v) is 6.00. The van der Waals surface area contributed by atoms with Crippen molar-refractivity contribution >= 4 is 23.5 Å². The van der Waals surface area contributed by atoms with Crippen molar-refractivity contribution in [2.24, 2.45) is 0 Å². The van der Waals surface area contributed by atoms with Crippen LogP contribution in [0.2, 0.25) is 0 Å². The summed E-state index contributed by atoms with van der Waals surface area (Å²) >= 11 is 0. The van der Waals surface area contributed by atoms with Crippen LogP contribution in [0.3, 0.4) is 0 Å². The summed E-state index contributed by atoms with van der Waals surface area (Å²) in [7, 11) is 1.54. The minimum atomic E-state index is -0.690. The number of amides is 1. The molecule has 2 rings (SSSR count). The van der Waals surface area contributed by atoms with E-state index in [1.165, 1.54) is 18.7 Å². The van der Waals surface area contributed by atoms with E-state index in [0.717, 1.165) is 0 Å². The molecule has 7 nitrogen and oxygen atoms in total. The Morgan fingerprint density at radius 3 is 1.86 bits per heavy atom. The van der Waals surface area contributed by atoms with Gasteiger partial charge < -0.3 is 14.2 Å². The van der Waals surface area contributed by atoms with Crippen molar-refractivity contribution < 1.29 is 28.6 Å². The monoisotopic (exact) mass is 385 g/mol. The summed E-state index contributed by atoms with van der Waals surface area (Å²) in [6.07, 6.45) is 0. The molecule has 0 N–H and O–H groups in total. The molecule has 0 spiro atoms. The molecule has 1 amide bonds. The Labute approximate surface area is 163 Å². The third kappa shape index (κ3) is 5.84. The molecule has 0 aromatic heterocycles. The number of rotatable bonds is 8. The molecule has 0 aliphatic rings. The summed E-state index contributed by atoms with van der Waals surface area (Å²) in [5, 5.41) is 0. The summed E-state index contributed by atoms with van der Waals surface area (Å²) in [5.41, 5.74) is 1.01. The molecule has 0 saturated heterocycles. The standard InChI is InChI=1S/C21H23NO6/c1-15(23)27-13-19(14-28-16(2)24)22(18-7-5-4-6-8-18)21(25)17-9-11-20(26-3)12-10-17/h4-12,19H,13-14H2,1-3H3. The zero-order valence-corrected chi connectivity index (χ0v) is 16.1. The topological polar surface area (TPSA) is 82.1 Å². The highest BCUT2D eigenvalue weighted by molar-refractivity contribution is 6.06. The number of carbonyl (C=O) groups is 3. The van der Waals surface area contributed by atoms with E-state index in [0.29, 0.717) is 17.0 Å². The van der Waals surface area contributed by atoms with Crippen molar-refractivity contribution in [1.82, 2.24) is 0 Å². The van der Waals surface area contributed by atoms with Crippen LogP contribution < -0.4 is 9.64 Å². The largest absolute Gasteiger partial charge is 0.497 e. The second-order valence-electron chi connectivity index (χ2n) is 6.00. The molecule has 0 fully saturated rings. The number of esters is 2. The highest BCUT2D eigenvalue weighted by Crippen LogP contribution is 2.22. The Balaban J connectivity index is 2.40. The molecule has 0 unspecified atom stereocenters. The van der Waals surface area contributed by atoms with Crippen LogP contribution in [0.5, 0.6) is 5.75 Å². The summed E-state index contributed by atoms with van der Waals surface area (Å²) < 4.78 is 15.4. The lowest BCUT2D eigenvalue weighted by molar-refractivity contribution is -0.144. The van der Waals surface area contributed by atoms with Gasteiger partial charge in [-0.05, 0) is 36.4 Å². The van der Waals surface area contributed by atoms with Crippen LogP contribution in [-0.2, 0) is 19.1 Å². The molecule has 0 radical (unpaired) electrons. The van der Waals surface area contributed by atoms with E-state index >= 15 is 0 Å². The quantitative estimate of drug-likeness (QED) is 0.650. The molecule has 0 heterocycles. The minimum absolute atomic E-state index is 0.112. The fraction of sp³-hybridized carbons (Fsp3) is 0.286. The van der Waals surface area contributed by atoms with Crippen molar-refractivity contribution in [2.45, 2.75) is 19.9 Å². The van der Waals surface area contributed by atoms with Gasteiger partial charge in [-0.3, -0.25) is 19.3 Å². The number of hydrogen-bond acceptors (Lipinski definition) is 6. The average Bonchev–Trinajstić information content (AvgIpc) is 2.70. The van der Waals surface area contributed by atoms with E-state index in [1.807, 2.05) is 6.07 Å². The molecule has 0 atom stereocenters. The molecule has 2 aromatic rings. The van der Waals surface area contributed by atoms with Gasteiger partial charge >= 0.3 is 11.9 Å². The van der Waals surface area contributed by atoms with Gasteiger partial charge in [-0.2, -0.15) is 0 Å². The number of benzene rings is 2. The molecule has 7 heteroatoms. The molecule has 28 heavy (non-hydrogen) atoms. The first-order valence-electron chi connectivity index (χ1n) is 8.71. The predicted molar refractivity (Wildman–Crippen MR) is 103 cm³/mol. The molecule has 148 valence electrons. The summed E-state index contributed by atoms with van der Waals surface area (Å²) in [6, 6.07) is 14.9. The SMILES string of the molecule is COc1ccc(C(=O)N(c2ccccc2)C(COC(C)=O)COC(C)=O)cc1. The summed E-state index contributed by atoms with van der Waals surface area (Å²) in [5.74, 6) is -0.673. The average molecular weight is 385 g/mol. The van der Waals surface area contributed by atoms with Crippen molar-refractivity contribution in [1.29, 1.82) is 0 Å². The smallest absolute Gasteiger partial charge is 0.302 e. The van der Waals surface area contributed by atoms with Gasteiger partial charge in [-0.15, -0.1) is 0 Å². The Morgan fingerprint density at radius 1 is 0.857 bits per heavy atom. The Morgan fingerprint density at radius 2 is 1.39 bits per heavy atom. The normalized spacial score (nSPS) is 10.3. The number of hydrogen-bond donors (Lipinski definition) is 0. The van der Waals surface area contributed by atoms with E-state index in [1.54, 1.807) is 55.6 Å². The highest BCUT2D eigenvalue weighted by atomic mass is 16.5. The highest BCUT2D eigenvalue weighted by Gasteiger charge is 2.28. The van der Waals surface area contributed by atoms with Crippen LogP contribution in [0, 0.1) is 0 Å². The number of ether oxygens (including phenoxy) is 3. The van der Waals surface area contributed by atoms with Gasteiger partial charge in [0.05, 0.1) is 7.11 Å². The molecule has 0 saturated carbocycles. The van der Waals surface area contributed by atoms with Crippen molar-refractivity contribution in [3.63, 3.8) is 0 Å². The first-order chi connectivity index (χ1) is 13.4. The first-order valence-corrected chi connectivity index (χ1v) is 8.71. The van der Waals surface area contributed by atoms with Crippen LogP contribution in [0.1, 0.15) is 24.2 Å². The zero-order valence-electron chi connectivity index (χ0n) is 16.1. The van der Waals surface area contributed by atoms with Crippen LogP contribution in [0.4, 0.5) is 5.69 Å². The predicted octanol–water partition coefficient (Wildman–Crippen LogP) is 2.84. The van der Waals surface area contributed by atoms with Gasteiger partial charge in [0.25, 0.3) is 5.91 Å². The summed E-state index contributed by atoms with van der Waals surface area (Å²) in [4.78, 5) is 37.4. The lowest BCUT2D eigenvalue weighted by Crippen LogP contribution is -2.46. The fourth-order valence-electron chi connectivity index (χ4n) is 2.58. The Bertz CT molecular complexity index is 785. The van der Waals surface area contributed by atoms with Crippen LogP contribution in [0.25, 0.3) is 0 Å². The second kappa shape index (κ2) is 10.1. The van der Waals surface area contributed by atoms with E-state index < -0.39 is 18.0 Å². The third-order valence-electron chi connectivity index (χ3n) is 3.91. The van der Waals surface area contributed by atoms with E-state index in [9.17, 15) is 14.4 Å². The number of para-hydroxylation sites is 1. The van der Waals surface area contributed by atoms with Crippen molar-refractivity contribution in [3.05, 3.63) is 60.2 Å². The minimum Gasteiger partial charge on any atom is -0.497 e. The molecule has 0 aliphatic heterocycles. The number of methoxy groups -OCH3 is 1. The first kappa shape index (κ1) is 21.0. The van der Waals surface area contributed by atoms with Gasteiger partial charge in [-0.1, -0.05) is 18.2 Å².